The summed E-state index contributed by atoms with van der Waals surface area (Å²) in [6.07, 6.45) is 13.2. The first kappa shape index (κ1) is 22.0. The summed E-state index contributed by atoms with van der Waals surface area (Å²) in [5.41, 5.74) is 2.00. The Hall–Kier alpha value is -3.23. The van der Waals surface area contributed by atoms with Crippen molar-refractivity contribution in [2.75, 3.05) is 0 Å². The smallest absolute Gasteiger partial charge is 0.356 e. The summed E-state index contributed by atoms with van der Waals surface area (Å²) in [4.78, 5) is 23.1. The number of carboxylic acids is 1. The topological polar surface area (TPSA) is 101 Å². The lowest BCUT2D eigenvalue weighted by Crippen LogP contribution is -2.47. The normalized spacial score (nSPS) is 22.5. The largest absolute Gasteiger partial charge is 0.476 e. The number of aromatic nitrogens is 5. The number of nitrogens with zero attached hydrogens (tertiary/aromatic N) is 7. The summed E-state index contributed by atoms with van der Waals surface area (Å²) in [5, 5.41) is 18.0. The van der Waals surface area contributed by atoms with Gasteiger partial charge in [-0.1, -0.05) is 32.8 Å². The van der Waals surface area contributed by atoms with E-state index >= 15 is 0 Å². The van der Waals surface area contributed by atoms with Crippen molar-refractivity contribution >= 4 is 23.3 Å². The van der Waals surface area contributed by atoms with Gasteiger partial charge in [-0.3, -0.25) is 9.13 Å². The minimum atomic E-state index is -1.05. The van der Waals surface area contributed by atoms with Gasteiger partial charge in [0.25, 0.3) is 0 Å². The van der Waals surface area contributed by atoms with Gasteiger partial charge in [-0.05, 0) is 45.1 Å². The highest BCUT2D eigenvalue weighted by molar-refractivity contribution is 6.19. The van der Waals surface area contributed by atoms with E-state index in [2.05, 4.69) is 40.0 Å². The average molecular weight is 438 g/mol. The van der Waals surface area contributed by atoms with Gasteiger partial charge >= 0.3 is 5.97 Å². The molecule has 0 radical (unpaired) electrons. The Balaban J connectivity index is 1.92. The van der Waals surface area contributed by atoms with Crippen LogP contribution in [0.1, 0.15) is 88.6 Å². The molecule has 4 rings (SSSR count). The van der Waals surface area contributed by atoms with Crippen molar-refractivity contribution < 1.29 is 9.90 Å². The maximum atomic E-state index is 11.4. The average Bonchev–Trinajstić information content (AvgIpc) is 3.56. The van der Waals surface area contributed by atoms with Crippen molar-refractivity contribution in [1.82, 2.24) is 29.2 Å². The van der Waals surface area contributed by atoms with E-state index in [0.717, 1.165) is 48.6 Å². The van der Waals surface area contributed by atoms with Gasteiger partial charge in [0.2, 0.25) is 0 Å². The van der Waals surface area contributed by atoms with Crippen LogP contribution >= 0.6 is 0 Å². The lowest BCUT2D eigenvalue weighted by molar-refractivity contribution is 0.0691. The van der Waals surface area contributed by atoms with Crippen molar-refractivity contribution in [3.63, 3.8) is 0 Å². The van der Waals surface area contributed by atoms with Crippen LogP contribution in [0.25, 0.3) is 11.5 Å². The predicted octanol–water partition coefficient (Wildman–Crippen LogP) is 4.44. The van der Waals surface area contributed by atoms with Crippen LogP contribution in [0.15, 0.2) is 35.5 Å². The van der Waals surface area contributed by atoms with E-state index in [0.29, 0.717) is 11.9 Å². The molecule has 1 N–H and O–H groups in total. The van der Waals surface area contributed by atoms with Gasteiger partial charge in [0.05, 0.1) is 11.7 Å². The highest BCUT2D eigenvalue weighted by Gasteiger charge is 2.40. The Morgan fingerprint density at radius 1 is 1.28 bits per heavy atom. The maximum absolute atomic E-state index is 11.4. The number of rotatable bonds is 6. The van der Waals surface area contributed by atoms with E-state index in [1.165, 1.54) is 25.4 Å². The van der Waals surface area contributed by atoms with Crippen molar-refractivity contribution in [1.29, 1.82) is 0 Å². The first-order valence-corrected chi connectivity index (χ1v) is 11.4. The van der Waals surface area contributed by atoms with Crippen LogP contribution in [0, 0.1) is 0 Å². The van der Waals surface area contributed by atoms with Crippen LogP contribution in [-0.4, -0.2) is 52.2 Å². The highest BCUT2D eigenvalue weighted by Crippen LogP contribution is 2.39. The standard InChI is InChI=1S/C23H31N7O2/c1-5-15(4)20(28-12-17(23(31)32)24-13-28)26-21-18(6-2)29-14-25-27-22(29)19(7-3)30(21)16-10-8-9-11-16/h6,12-14,16,19H,5,7-11H2,1-4H3,(H,31,32). The first-order chi connectivity index (χ1) is 15.5. The molecule has 1 fully saturated rings. The molecule has 1 saturated carbocycles. The van der Waals surface area contributed by atoms with Gasteiger partial charge in [0, 0.05) is 12.2 Å². The number of allylic oxidation sites excluding steroid dienone is 2. The quantitative estimate of drug-likeness (QED) is 0.717. The fourth-order valence-corrected chi connectivity index (χ4v) is 4.72. The molecule has 1 unspecified atom stereocenters. The zero-order valence-corrected chi connectivity index (χ0v) is 19.2. The Labute approximate surface area is 188 Å². The molecule has 1 aliphatic heterocycles. The Bertz CT molecular complexity index is 1090. The van der Waals surface area contributed by atoms with Crippen molar-refractivity contribution in [2.24, 2.45) is 4.99 Å². The Morgan fingerprint density at radius 2 is 2.03 bits per heavy atom. The lowest BCUT2D eigenvalue weighted by Gasteiger charge is -2.42. The first-order valence-electron chi connectivity index (χ1n) is 11.4. The third-order valence-electron chi connectivity index (χ3n) is 6.49. The lowest BCUT2D eigenvalue weighted by atomic mass is 10.0. The van der Waals surface area contributed by atoms with Gasteiger partial charge in [-0.25, -0.2) is 14.8 Å². The molecule has 0 amide bonds. The van der Waals surface area contributed by atoms with E-state index in [1.54, 1.807) is 10.9 Å². The fourth-order valence-electron chi connectivity index (χ4n) is 4.72. The highest BCUT2D eigenvalue weighted by atomic mass is 16.4. The van der Waals surface area contributed by atoms with Gasteiger partial charge in [0.1, 0.15) is 18.5 Å². The summed E-state index contributed by atoms with van der Waals surface area (Å²) in [6.45, 7) is 8.28. The number of fused-ring (bicyclic) bond motifs is 1. The Kier molecular flexibility index (Phi) is 6.25. The third kappa shape index (κ3) is 3.76. The molecule has 2 aromatic rings. The van der Waals surface area contributed by atoms with Crippen LogP contribution in [-0.2, 0) is 0 Å². The summed E-state index contributed by atoms with van der Waals surface area (Å²) >= 11 is 0. The van der Waals surface area contributed by atoms with Gasteiger partial charge in [-0.15, -0.1) is 10.2 Å². The van der Waals surface area contributed by atoms with Gasteiger partial charge in [0.15, 0.2) is 17.4 Å². The third-order valence-corrected chi connectivity index (χ3v) is 6.49. The summed E-state index contributed by atoms with van der Waals surface area (Å²) in [6, 6.07) is 0.475. The molecule has 2 aromatic heterocycles. The van der Waals surface area contributed by atoms with E-state index in [-0.39, 0.29) is 11.7 Å². The maximum Gasteiger partial charge on any atom is 0.356 e. The number of amidine groups is 1. The minimum absolute atomic E-state index is 0.00156. The van der Waals surface area contributed by atoms with E-state index in [9.17, 15) is 9.90 Å². The molecule has 1 aliphatic carbocycles. The van der Waals surface area contributed by atoms with Crippen molar-refractivity contribution in [3.05, 3.63) is 42.0 Å². The number of aromatic carboxylic acids is 1. The second kappa shape index (κ2) is 9.10. The molecule has 9 nitrogen and oxygen atoms in total. The van der Waals surface area contributed by atoms with Crippen molar-refractivity contribution in [3.8, 4) is 0 Å². The minimum Gasteiger partial charge on any atom is -0.476 e. The summed E-state index contributed by atoms with van der Waals surface area (Å²) in [5.74, 6) is 1.48. The van der Waals surface area contributed by atoms with E-state index in [1.807, 2.05) is 18.4 Å². The van der Waals surface area contributed by atoms with Crippen LogP contribution in [0.2, 0.25) is 0 Å². The second-order valence-electron chi connectivity index (χ2n) is 8.37. The number of hydrogen-bond acceptors (Lipinski definition) is 5. The molecule has 0 saturated heterocycles. The van der Waals surface area contributed by atoms with Crippen molar-refractivity contribution in [2.45, 2.75) is 78.3 Å². The SMILES string of the molecule is CC=C1C(=NC(=C(C)CC)n2cnc(C(=O)O)c2)N(C2CCCC2)C(CC)c2nncn21. The molecule has 2 aliphatic rings. The number of carboxylic acid groups (broad SMARTS) is 1. The van der Waals surface area contributed by atoms with E-state index in [4.69, 9.17) is 4.99 Å². The molecule has 1 atom stereocenters. The molecule has 3 heterocycles. The zero-order valence-electron chi connectivity index (χ0n) is 19.2. The van der Waals surface area contributed by atoms with Crippen LogP contribution in [0.4, 0.5) is 0 Å². The summed E-state index contributed by atoms with van der Waals surface area (Å²) < 4.78 is 3.76. The fraction of sp³-hybridized carbons (Fsp3) is 0.522. The number of carbonyl (C=O) groups is 1. The molecule has 170 valence electrons. The zero-order chi connectivity index (χ0) is 22.8. The monoisotopic (exact) mass is 437 g/mol. The van der Waals surface area contributed by atoms with Crippen LogP contribution < -0.4 is 0 Å². The molecular weight excluding hydrogens is 406 g/mol. The Morgan fingerprint density at radius 3 is 2.62 bits per heavy atom. The predicted molar refractivity (Wildman–Crippen MR) is 123 cm³/mol. The van der Waals surface area contributed by atoms with Gasteiger partial charge < -0.3 is 10.0 Å². The van der Waals surface area contributed by atoms with Gasteiger partial charge in [-0.2, -0.15) is 0 Å². The molecule has 0 bridgehead atoms. The number of imidazole rings is 1. The molecule has 9 heteroatoms. The molecule has 32 heavy (non-hydrogen) atoms. The number of aliphatic imine (C=N–C) groups is 1. The van der Waals surface area contributed by atoms with E-state index < -0.39 is 5.97 Å². The molecule has 0 aromatic carbocycles. The van der Waals surface area contributed by atoms with Crippen LogP contribution in [0.3, 0.4) is 0 Å². The summed E-state index contributed by atoms with van der Waals surface area (Å²) in [7, 11) is 0. The number of hydrogen-bond donors (Lipinski definition) is 1. The van der Waals surface area contributed by atoms with Crippen LogP contribution in [0.5, 0.6) is 0 Å². The molecule has 0 spiro atoms. The molecular formula is C23H31N7O2. The second-order valence-corrected chi connectivity index (χ2v) is 8.37.